The number of H-pyrrole nitrogens is 1. The summed E-state index contributed by atoms with van der Waals surface area (Å²) in [5.74, 6) is -0.0187. The van der Waals surface area contributed by atoms with Gasteiger partial charge in [-0.25, -0.2) is 9.67 Å². The second kappa shape index (κ2) is 4.64. The molecule has 0 unspecified atom stereocenters. The molecule has 3 heterocycles. The summed E-state index contributed by atoms with van der Waals surface area (Å²) in [7, 11) is 0. The molecule has 0 atom stereocenters. The van der Waals surface area contributed by atoms with Gasteiger partial charge in [0, 0.05) is 18.6 Å². The molecule has 0 fully saturated rings. The Kier molecular flexibility index (Phi) is 2.69. The number of pyridine rings is 1. The van der Waals surface area contributed by atoms with Gasteiger partial charge < -0.3 is 5.32 Å². The van der Waals surface area contributed by atoms with E-state index in [1.807, 2.05) is 0 Å². The van der Waals surface area contributed by atoms with Crippen molar-refractivity contribution in [2.24, 2.45) is 0 Å². The van der Waals surface area contributed by atoms with E-state index in [-0.39, 0.29) is 5.82 Å². The first-order chi connectivity index (χ1) is 9.34. The summed E-state index contributed by atoms with van der Waals surface area (Å²) in [6, 6.07) is 5.18. The minimum Gasteiger partial charge on any atom is -0.316 e. The highest BCUT2D eigenvalue weighted by Gasteiger charge is 2.14. The number of nitrogens with zero attached hydrogens (tertiary/aromatic N) is 6. The highest BCUT2D eigenvalue weighted by Crippen LogP contribution is 2.16. The lowest BCUT2D eigenvalue weighted by molar-refractivity contribution is 0.101. The fourth-order valence-corrected chi connectivity index (χ4v) is 1.51. The van der Waals surface area contributed by atoms with Gasteiger partial charge in [-0.3, -0.25) is 4.79 Å². The first-order valence-corrected chi connectivity index (χ1v) is 5.34. The van der Waals surface area contributed by atoms with Crippen LogP contribution in [0.25, 0.3) is 5.82 Å². The van der Waals surface area contributed by atoms with Crippen molar-refractivity contribution in [2.75, 3.05) is 5.32 Å². The predicted octanol–water partition coefficient (Wildman–Crippen LogP) is 0.0327. The maximum atomic E-state index is 11.8. The van der Waals surface area contributed by atoms with Gasteiger partial charge in [0.15, 0.2) is 5.82 Å². The van der Waals surface area contributed by atoms with E-state index in [4.69, 9.17) is 0 Å². The summed E-state index contributed by atoms with van der Waals surface area (Å²) in [5, 5.41) is 19.5. The van der Waals surface area contributed by atoms with Gasteiger partial charge in [-0.1, -0.05) is 0 Å². The summed E-state index contributed by atoms with van der Waals surface area (Å²) in [6.07, 6.45) is 4.97. The van der Waals surface area contributed by atoms with Crippen molar-refractivity contribution in [1.82, 2.24) is 35.4 Å². The van der Waals surface area contributed by atoms with Crippen LogP contribution < -0.4 is 5.32 Å². The van der Waals surface area contributed by atoms with Crippen LogP contribution in [0.1, 0.15) is 10.6 Å². The normalized spacial score (nSPS) is 10.3. The van der Waals surface area contributed by atoms with Crippen molar-refractivity contribution in [3.8, 4) is 5.82 Å². The van der Waals surface area contributed by atoms with Crippen LogP contribution >= 0.6 is 0 Å². The van der Waals surface area contributed by atoms with Crippen LogP contribution in [-0.2, 0) is 0 Å². The quantitative estimate of drug-likeness (QED) is 0.683. The lowest BCUT2D eigenvalue weighted by Gasteiger charge is -2.08. The number of aromatic amines is 1. The van der Waals surface area contributed by atoms with Crippen LogP contribution in [0.5, 0.6) is 0 Å². The number of carbonyl (C=O) groups is 1. The molecule has 9 heteroatoms. The molecule has 0 radical (unpaired) electrons. The summed E-state index contributed by atoms with van der Waals surface area (Å²) in [6.45, 7) is 0. The Morgan fingerprint density at radius 2 is 2.26 bits per heavy atom. The second-order valence-electron chi connectivity index (χ2n) is 3.51. The van der Waals surface area contributed by atoms with E-state index in [0.29, 0.717) is 11.5 Å². The molecule has 2 N–H and O–H groups in total. The van der Waals surface area contributed by atoms with Gasteiger partial charge in [0.25, 0.3) is 11.7 Å². The topological polar surface area (TPSA) is 114 Å². The molecule has 0 aliphatic rings. The molecule has 0 saturated carbocycles. The van der Waals surface area contributed by atoms with Gasteiger partial charge in [-0.15, -0.1) is 10.2 Å². The van der Waals surface area contributed by atoms with E-state index in [1.165, 1.54) is 0 Å². The molecule has 3 rings (SSSR count). The number of rotatable bonds is 3. The Labute approximate surface area is 106 Å². The van der Waals surface area contributed by atoms with Crippen LogP contribution in [0.15, 0.2) is 36.8 Å². The van der Waals surface area contributed by atoms with Crippen LogP contribution in [0.2, 0.25) is 0 Å². The summed E-state index contributed by atoms with van der Waals surface area (Å²) < 4.78 is 1.55. The van der Waals surface area contributed by atoms with Gasteiger partial charge in [0.1, 0.15) is 0 Å². The van der Waals surface area contributed by atoms with Gasteiger partial charge in [-0.05, 0) is 23.4 Å². The van der Waals surface area contributed by atoms with Gasteiger partial charge in [0.05, 0.1) is 5.69 Å². The summed E-state index contributed by atoms with van der Waals surface area (Å²) in [4.78, 5) is 16.0. The molecule has 3 aromatic rings. The van der Waals surface area contributed by atoms with Crippen LogP contribution in [0.4, 0.5) is 5.69 Å². The number of hydrogen-bond donors (Lipinski definition) is 2. The Bertz CT molecular complexity index is 675. The molecule has 0 aliphatic carbocycles. The molecule has 0 saturated heterocycles. The molecular formula is C10H8N8O. The molecule has 0 aliphatic heterocycles. The maximum Gasteiger partial charge on any atom is 0.297 e. The molecule has 94 valence electrons. The van der Waals surface area contributed by atoms with Crippen molar-refractivity contribution in [3.05, 3.63) is 42.6 Å². The van der Waals surface area contributed by atoms with Crippen molar-refractivity contribution >= 4 is 11.6 Å². The molecule has 0 spiro atoms. The van der Waals surface area contributed by atoms with E-state index >= 15 is 0 Å². The number of aromatic nitrogens is 7. The summed E-state index contributed by atoms with van der Waals surface area (Å²) in [5.41, 5.74) is 0.501. The third-order valence-corrected chi connectivity index (χ3v) is 2.30. The van der Waals surface area contributed by atoms with E-state index < -0.39 is 5.91 Å². The second-order valence-corrected chi connectivity index (χ2v) is 3.51. The van der Waals surface area contributed by atoms with E-state index in [2.05, 4.69) is 36.0 Å². The standard InChI is InChI=1S/C10H8N8O/c19-10(8-14-16-17-15-8)13-7-3-1-4-11-9(7)18-6-2-5-12-18/h1-6H,(H,13,19)(H,14,15,16,17). The lowest BCUT2D eigenvalue weighted by atomic mass is 10.3. The fraction of sp³-hybridized carbons (Fsp3) is 0. The van der Waals surface area contributed by atoms with Crippen molar-refractivity contribution in [2.45, 2.75) is 0 Å². The minimum atomic E-state index is -0.477. The number of hydrogen-bond acceptors (Lipinski definition) is 6. The van der Waals surface area contributed by atoms with E-state index in [0.717, 1.165) is 0 Å². The Morgan fingerprint density at radius 3 is 3.00 bits per heavy atom. The highest BCUT2D eigenvalue weighted by atomic mass is 16.2. The van der Waals surface area contributed by atoms with Gasteiger partial charge in [0.2, 0.25) is 0 Å². The zero-order valence-electron chi connectivity index (χ0n) is 9.56. The number of amides is 1. The number of nitrogens with one attached hydrogen (secondary N) is 2. The van der Waals surface area contributed by atoms with Crippen molar-refractivity contribution in [1.29, 1.82) is 0 Å². The molecule has 1 amide bonds. The SMILES string of the molecule is O=C(Nc1cccnc1-n1cccn1)c1nn[nH]n1. The average Bonchev–Trinajstić information content (AvgIpc) is 3.13. The Morgan fingerprint density at radius 1 is 1.32 bits per heavy atom. The number of anilines is 1. The zero-order chi connectivity index (χ0) is 13.1. The highest BCUT2D eigenvalue weighted by molar-refractivity contribution is 6.02. The van der Waals surface area contributed by atoms with E-state index in [1.54, 1.807) is 41.5 Å². The molecular weight excluding hydrogens is 248 g/mol. The fourth-order valence-electron chi connectivity index (χ4n) is 1.51. The molecule has 9 nitrogen and oxygen atoms in total. The largest absolute Gasteiger partial charge is 0.316 e. The van der Waals surface area contributed by atoms with Crippen molar-refractivity contribution in [3.63, 3.8) is 0 Å². The third kappa shape index (κ3) is 2.16. The number of tetrazole rings is 1. The number of carbonyl (C=O) groups excluding carboxylic acids is 1. The van der Waals surface area contributed by atoms with Gasteiger partial charge in [-0.2, -0.15) is 10.3 Å². The van der Waals surface area contributed by atoms with Crippen molar-refractivity contribution < 1.29 is 4.79 Å². The average molecular weight is 256 g/mol. The first kappa shape index (κ1) is 11.0. The van der Waals surface area contributed by atoms with E-state index in [9.17, 15) is 4.79 Å². The molecule has 0 aromatic carbocycles. The maximum absolute atomic E-state index is 11.8. The third-order valence-electron chi connectivity index (χ3n) is 2.30. The van der Waals surface area contributed by atoms with Crippen LogP contribution in [0.3, 0.4) is 0 Å². The van der Waals surface area contributed by atoms with Crippen LogP contribution in [-0.4, -0.2) is 41.3 Å². The van der Waals surface area contributed by atoms with Gasteiger partial charge >= 0.3 is 0 Å². The Hall–Kier alpha value is -3.10. The molecule has 19 heavy (non-hydrogen) atoms. The first-order valence-electron chi connectivity index (χ1n) is 5.34. The Balaban J connectivity index is 1.92. The lowest BCUT2D eigenvalue weighted by Crippen LogP contribution is -2.16. The van der Waals surface area contributed by atoms with Crippen LogP contribution in [0, 0.1) is 0 Å². The smallest absolute Gasteiger partial charge is 0.297 e. The minimum absolute atomic E-state index is 0.0460. The zero-order valence-corrected chi connectivity index (χ0v) is 9.56. The monoisotopic (exact) mass is 256 g/mol. The molecule has 0 bridgehead atoms. The predicted molar refractivity (Wildman–Crippen MR) is 63.5 cm³/mol. The molecule has 3 aromatic heterocycles. The summed E-state index contributed by atoms with van der Waals surface area (Å²) >= 11 is 0.